The molecule has 0 bridgehead atoms. The van der Waals surface area contributed by atoms with Gasteiger partial charge >= 0.3 is 7.82 Å². The Morgan fingerprint density at radius 2 is 1.05 bits per heavy atom. The van der Waals surface area contributed by atoms with E-state index < -0.39 is 12.7 Å². The summed E-state index contributed by atoms with van der Waals surface area (Å²) in [5, 5.41) is 10.9. The van der Waals surface area contributed by atoms with Crippen LogP contribution in [0.15, 0.2) is 84.9 Å². The fraction of sp³-hybridized carbons (Fsp3) is 0.357. The molecule has 0 saturated heterocycles. The third-order valence-electron chi connectivity index (χ3n) is 5.11. The maximum atomic E-state index is 13.3. The number of ether oxygens (including phenoxy) is 2. The molecule has 0 spiro atoms. The molecule has 3 rings (SSSR count). The number of phosphoric ester groups is 1. The van der Waals surface area contributed by atoms with Gasteiger partial charge in [0, 0.05) is 35.1 Å². The minimum atomic E-state index is -3.95. The summed E-state index contributed by atoms with van der Waals surface area (Å²) in [5.74, 6) is 2.90. The van der Waals surface area contributed by atoms with Crippen LogP contribution >= 0.6 is 51.0 Å². The van der Waals surface area contributed by atoms with E-state index in [-0.39, 0.29) is 24.7 Å². The minimum Gasteiger partial charge on any atom is -0.404 e. The molecule has 0 saturated carbocycles. The molecule has 0 amide bonds. The first-order chi connectivity index (χ1) is 20.5. The Bertz CT molecular complexity index is 1130. The van der Waals surface area contributed by atoms with E-state index in [0.717, 1.165) is 22.6 Å². The van der Waals surface area contributed by atoms with E-state index in [1.807, 2.05) is 60.7 Å². The Morgan fingerprint density at radius 3 is 1.48 bits per heavy atom. The Kier molecular flexibility index (Phi) is 17.5. The summed E-state index contributed by atoms with van der Waals surface area (Å²) >= 11 is 0. The van der Waals surface area contributed by atoms with Gasteiger partial charge in [-0.1, -0.05) is 104 Å². The maximum Gasteiger partial charge on any atom is 0.530 e. The Morgan fingerprint density at radius 1 is 0.619 bits per heavy atom. The number of benzene rings is 3. The van der Waals surface area contributed by atoms with Gasteiger partial charge in [-0.3, -0.25) is 19.2 Å². The zero-order chi connectivity index (χ0) is 29.7. The number of nitrogens with zero attached hydrogens (tertiary/aromatic N) is 1. The summed E-state index contributed by atoms with van der Waals surface area (Å²) in [7, 11) is 2.49. The molecule has 0 heterocycles. The van der Waals surface area contributed by atoms with Crippen LogP contribution in [0.5, 0.6) is 5.75 Å². The fourth-order valence-electron chi connectivity index (χ4n) is 3.16. The van der Waals surface area contributed by atoms with Gasteiger partial charge in [0.2, 0.25) is 0 Å². The van der Waals surface area contributed by atoms with E-state index in [9.17, 15) is 14.7 Å². The van der Waals surface area contributed by atoms with Crippen LogP contribution in [0.25, 0.3) is 0 Å². The van der Waals surface area contributed by atoms with Crippen LogP contribution in [0.1, 0.15) is 11.1 Å². The molecule has 0 N–H and O–H groups in total. The summed E-state index contributed by atoms with van der Waals surface area (Å²) in [5.41, 5.74) is 2.18. The van der Waals surface area contributed by atoms with Crippen LogP contribution < -0.4 is 4.52 Å². The van der Waals surface area contributed by atoms with Crippen molar-refractivity contribution in [1.29, 1.82) is 0 Å². The first-order valence-electron chi connectivity index (χ1n) is 13.1. The molecule has 0 aliphatic rings. The van der Waals surface area contributed by atoms with Gasteiger partial charge in [-0.25, -0.2) is 4.57 Å². The number of hydrogen-bond donors (Lipinski definition) is 0. The number of phosphoric acid groups is 1. The van der Waals surface area contributed by atoms with Crippen molar-refractivity contribution < 1.29 is 32.5 Å². The van der Waals surface area contributed by atoms with Crippen LogP contribution in [-0.2, 0) is 36.3 Å². The van der Waals surface area contributed by atoms with Gasteiger partial charge in [-0.2, -0.15) is 0 Å². The van der Waals surface area contributed by atoms with E-state index in [1.165, 1.54) is 24.3 Å². The average Bonchev–Trinajstić information content (AvgIpc) is 3.01. The monoisotopic (exact) mass is 671 g/mol. The lowest BCUT2D eigenvalue weighted by atomic mass is 10.2. The first kappa shape index (κ1) is 34.8. The number of nitro benzene ring substituents is 1. The van der Waals surface area contributed by atoms with E-state index in [1.54, 1.807) is 43.2 Å². The number of non-ortho nitro benzene ring substituents is 1. The van der Waals surface area contributed by atoms with Crippen molar-refractivity contribution in [3.8, 4) is 5.75 Å². The zero-order valence-corrected chi connectivity index (χ0v) is 27.1. The van der Waals surface area contributed by atoms with Gasteiger partial charge < -0.3 is 14.0 Å². The zero-order valence-electron chi connectivity index (χ0n) is 22.9. The lowest BCUT2D eigenvalue weighted by molar-refractivity contribution is -0.384. The molecule has 0 aromatic heterocycles. The molecule has 0 aliphatic heterocycles. The first-order valence-corrected chi connectivity index (χ1v) is 19.5. The Labute approximate surface area is 262 Å². The fourth-order valence-corrected chi connectivity index (χ4v) is 7.98. The standard InChI is InChI=1S/C28H34NO8PS4/c30-29(31)27-11-13-28(14-12-27)37-38(32,35-17-21-41-39-19-15-33-23-25-7-3-1-4-8-25)36-18-22-42-40-20-16-34-24-26-9-5-2-6-10-26/h1-14H,15-24H2. The third-order valence-corrected chi connectivity index (χ3v) is 11.2. The molecule has 3 aromatic carbocycles. The summed E-state index contributed by atoms with van der Waals surface area (Å²) in [4.78, 5) is 10.4. The molecule has 228 valence electrons. The maximum absolute atomic E-state index is 13.3. The van der Waals surface area contributed by atoms with Crippen molar-refractivity contribution in [3.63, 3.8) is 0 Å². The van der Waals surface area contributed by atoms with Gasteiger partial charge in [0.1, 0.15) is 5.75 Å². The molecule has 0 fully saturated rings. The second-order valence-electron chi connectivity index (χ2n) is 8.32. The van der Waals surface area contributed by atoms with E-state index >= 15 is 0 Å². The van der Waals surface area contributed by atoms with Crippen molar-refractivity contribution in [2.75, 3.05) is 49.4 Å². The molecule has 9 nitrogen and oxygen atoms in total. The van der Waals surface area contributed by atoms with Crippen LogP contribution in [0.2, 0.25) is 0 Å². The predicted octanol–water partition coefficient (Wildman–Crippen LogP) is 8.31. The van der Waals surface area contributed by atoms with Crippen molar-refractivity contribution in [3.05, 3.63) is 106 Å². The molecule has 3 aromatic rings. The molecule has 0 unspecified atom stereocenters. The van der Waals surface area contributed by atoms with E-state index in [4.69, 9.17) is 23.0 Å². The molecule has 0 atom stereocenters. The molecule has 0 aliphatic carbocycles. The Hall–Kier alpha value is -1.67. The summed E-state index contributed by atoms with van der Waals surface area (Å²) in [6.07, 6.45) is 0. The van der Waals surface area contributed by atoms with Crippen molar-refractivity contribution in [2.45, 2.75) is 13.2 Å². The third kappa shape index (κ3) is 15.2. The summed E-state index contributed by atoms with van der Waals surface area (Å²) in [6.45, 7) is 2.68. The highest BCUT2D eigenvalue weighted by Crippen LogP contribution is 2.50. The number of hydrogen-bond acceptors (Lipinski definition) is 12. The lowest BCUT2D eigenvalue weighted by Crippen LogP contribution is -2.07. The van der Waals surface area contributed by atoms with Crippen molar-refractivity contribution in [1.82, 2.24) is 0 Å². The molecular weight excluding hydrogens is 638 g/mol. The highest BCUT2D eigenvalue weighted by atomic mass is 33.1. The van der Waals surface area contributed by atoms with Crippen LogP contribution in [0.4, 0.5) is 5.69 Å². The van der Waals surface area contributed by atoms with Crippen molar-refractivity contribution in [2.24, 2.45) is 0 Å². The van der Waals surface area contributed by atoms with E-state index in [0.29, 0.717) is 37.9 Å². The second kappa shape index (κ2) is 21.1. The minimum absolute atomic E-state index is 0.0960. The topological polar surface area (TPSA) is 106 Å². The molecule has 42 heavy (non-hydrogen) atoms. The highest BCUT2D eigenvalue weighted by molar-refractivity contribution is 8.77. The van der Waals surface area contributed by atoms with Crippen LogP contribution in [0.3, 0.4) is 0 Å². The van der Waals surface area contributed by atoms with E-state index in [2.05, 4.69) is 0 Å². The molecule has 14 heteroatoms. The predicted molar refractivity (Wildman–Crippen MR) is 175 cm³/mol. The summed E-state index contributed by atoms with van der Waals surface area (Å²) < 4.78 is 41.4. The average molecular weight is 672 g/mol. The van der Waals surface area contributed by atoms with Gasteiger partial charge in [0.05, 0.1) is 44.6 Å². The smallest absolute Gasteiger partial charge is 0.404 e. The van der Waals surface area contributed by atoms with Gasteiger partial charge in [0.15, 0.2) is 0 Å². The van der Waals surface area contributed by atoms with Crippen LogP contribution in [0, 0.1) is 10.1 Å². The van der Waals surface area contributed by atoms with Gasteiger partial charge in [0.25, 0.3) is 5.69 Å². The summed E-state index contributed by atoms with van der Waals surface area (Å²) in [6, 6.07) is 25.3. The van der Waals surface area contributed by atoms with Crippen molar-refractivity contribution >= 4 is 56.7 Å². The quantitative estimate of drug-likeness (QED) is 0.0318. The normalized spacial score (nSPS) is 11.4. The van der Waals surface area contributed by atoms with Crippen LogP contribution in [-0.4, -0.2) is 54.4 Å². The second-order valence-corrected chi connectivity index (χ2v) is 15.3. The highest BCUT2D eigenvalue weighted by Gasteiger charge is 2.29. The molecular formula is C28H34NO8PS4. The number of nitro groups is 1. The Balaban J connectivity index is 1.32. The molecule has 0 radical (unpaired) electrons. The van der Waals surface area contributed by atoms with Gasteiger partial charge in [-0.15, -0.1) is 0 Å². The largest absolute Gasteiger partial charge is 0.530 e. The number of rotatable bonds is 23. The lowest BCUT2D eigenvalue weighted by Gasteiger charge is -2.18. The van der Waals surface area contributed by atoms with Gasteiger partial charge in [-0.05, 0) is 23.3 Å². The SMILES string of the molecule is O=[N+]([O-])c1ccc(OP(=O)(OCCSSCCOCc2ccccc2)OCCSSCCOCc2ccccc2)cc1.